The van der Waals surface area contributed by atoms with E-state index in [9.17, 15) is 8.42 Å². The Bertz CT molecular complexity index is 294. The largest absolute Gasteiger partial charge is 0.392 e. The summed E-state index contributed by atoms with van der Waals surface area (Å²) in [6.07, 6.45) is 1.83. The van der Waals surface area contributed by atoms with Crippen molar-refractivity contribution in [2.24, 2.45) is 11.7 Å². The minimum atomic E-state index is -3.28. The fourth-order valence-corrected chi connectivity index (χ4v) is 3.11. The second-order valence-corrected chi connectivity index (χ2v) is 5.89. The van der Waals surface area contributed by atoms with Crippen molar-refractivity contribution >= 4 is 27.2 Å². The van der Waals surface area contributed by atoms with Gasteiger partial charge in [-0.25, -0.2) is 13.1 Å². The summed E-state index contributed by atoms with van der Waals surface area (Å²) < 4.78 is 25.1. The van der Waals surface area contributed by atoms with Crippen molar-refractivity contribution in [1.82, 2.24) is 4.72 Å². The number of thiocarbonyl (C=S) groups is 1. The van der Waals surface area contributed by atoms with Crippen LogP contribution in [0.15, 0.2) is 0 Å². The van der Waals surface area contributed by atoms with Gasteiger partial charge in [0.2, 0.25) is 10.0 Å². The third-order valence-electron chi connectivity index (χ3n) is 2.05. The molecule has 0 unspecified atom stereocenters. The van der Waals surface area contributed by atoms with Crippen LogP contribution in [0.25, 0.3) is 0 Å². The summed E-state index contributed by atoms with van der Waals surface area (Å²) in [5, 5.41) is 0. The first-order valence-corrected chi connectivity index (χ1v) is 6.23. The maximum absolute atomic E-state index is 11.3. The molecule has 76 valence electrons. The van der Waals surface area contributed by atoms with Crippen LogP contribution in [0.2, 0.25) is 0 Å². The highest BCUT2D eigenvalue weighted by Crippen LogP contribution is 2.26. The van der Waals surface area contributed by atoms with Gasteiger partial charge in [-0.3, -0.25) is 0 Å². The Balaban J connectivity index is 2.39. The van der Waals surface area contributed by atoms with Crippen molar-refractivity contribution in [1.29, 1.82) is 0 Å². The lowest BCUT2D eigenvalue weighted by atomic mass is 9.83. The lowest BCUT2D eigenvalue weighted by Gasteiger charge is -2.32. The highest BCUT2D eigenvalue weighted by atomic mass is 32.2. The molecule has 0 saturated heterocycles. The molecule has 1 rings (SSSR count). The molecule has 0 atom stereocenters. The highest BCUT2D eigenvalue weighted by Gasteiger charge is 2.29. The van der Waals surface area contributed by atoms with Crippen LogP contribution in [0, 0.1) is 5.92 Å². The molecule has 0 amide bonds. The topological polar surface area (TPSA) is 72.2 Å². The summed E-state index contributed by atoms with van der Waals surface area (Å²) in [5.41, 5.74) is 5.15. The molecule has 3 N–H and O–H groups in total. The third-order valence-corrected chi connectivity index (χ3v) is 3.76. The van der Waals surface area contributed by atoms with Crippen molar-refractivity contribution in [2.75, 3.05) is 5.75 Å². The Hall–Kier alpha value is -0.200. The van der Waals surface area contributed by atoms with Gasteiger partial charge in [0.25, 0.3) is 0 Å². The molecule has 0 aromatic rings. The summed E-state index contributed by atoms with van der Waals surface area (Å²) in [6, 6.07) is 0.0920. The zero-order valence-corrected chi connectivity index (χ0v) is 9.12. The molecule has 0 bridgehead atoms. The quantitative estimate of drug-likeness (QED) is 0.656. The molecule has 13 heavy (non-hydrogen) atoms. The minimum Gasteiger partial charge on any atom is -0.392 e. The number of sulfonamides is 1. The van der Waals surface area contributed by atoms with E-state index in [0.29, 0.717) is 5.92 Å². The van der Waals surface area contributed by atoms with Gasteiger partial charge in [0, 0.05) is 6.04 Å². The summed E-state index contributed by atoms with van der Waals surface area (Å²) in [4.78, 5) is 0.0138. The SMILES string of the molecule is CC1CC(NS(=O)(=O)CC(N)=S)C1. The summed E-state index contributed by atoms with van der Waals surface area (Å²) in [6.45, 7) is 2.10. The molecule has 0 radical (unpaired) electrons. The monoisotopic (exact) mass is 222 g/mol. The van der Waals surface area contributed by atoms with E-state index in [2.05, 4.69) is 23.9 Å². The van der Waals surface area contributed by atoms with E-state index in [0.717, 1.165) is 12.8 Å². The normalized spacial score (nSPS) is 28.1. The average Bonchev–Trinajstić information content (AvgIpc) is 1.79. The predicted molar refractivity (Wildman–Crippen MR) is 55.9 cm³/mol. The standard InChI is InChI=1S/C7H14N2O2S2/c1-5-2-6(3-5)9-13(10,11)4-7(8)12/h5-6,9H,2-4H2,1H3,(H2,8,12). The summed E-state index contributed by atoms with van der Waals surface area (Å²) in [7, 11) is -3.28. The Labute approximate surface area is 83.9 Å². The van der Waals surface area contributed by atoms with Crippen LogP contribution in [-0.4, -0.2) is 25.2 Å². The molecular weight excluding hydrogens is 208 g/mol. The molecule has 0 aromatic heterocycles. The fraction of sp³-hybridized carbons (Fsp3) is 0.857. The van der Waals surface area contributed by atoms with Gasteiger partial charge in [-0.1, -0.05) is 19.1 Å². The Morgan fingerprint density at radius 3 is 2.54 bits per heavy atom. The second kappa shape index (κ2) is 3.89. The van der Waals surface area contributed by atoms with E-state index in [1.807, 2.05) is 0 Å². The molecule has 0 aliphatic heterocycles. The van der Waals surface area contributed by atoms with Gasteiger partial charge in [0.05, 0.1) is 4.99 Å². The summed E-state index contributed by atoms with van der Waals surface area (Å²) >= 11 is 4.53. The van der Waals surface area contributed by atoms with Crippen LogP contribution in [0.4, 0.5) is 0 Å². The van der Waals surface area contributed by atoms with Gasteiger partial charge in [0.1, 0.15) is 5.75 Å². The minimum absolute atomic E-state index is 0.0138. The van der Waals surface area contributed by atoms with Gasteiger partial charge in [-0.15, -0.1) is 0 Å². The molecule has 6 heteroatoms. The molecule has 1 saturated carbocycles. The molecule has 0 spiro atoms. The van der Waals surface area contributed by atoms with Crippen LogP contribution in [0.1, 0.15) is 19.8 Å². The zero-order chi connectivity index (χ0) is 10.1. The Kier molecular flexibility index (Phi) is 3.26. The second-order valence-electron chi connectivity index (χ2n) is 3.62. The smallest absolute Gasteiger partial charge is 0.218 e. The summed E-state index contributed by atoms with van der Waals surface area (Å²) in [5.74, 6) is 0.380. The van der Waals surface area contributed by atoms with Crippen LogP contribution >= 0.6 is 12.2 Å². The molecule has 0 aromatic carbocycles. The number of nitrogens with one attached hydrogen (secondary N) is 1. The van der Waals surface area contributed by atoms with E-state index in [-0.39, 0.29) is 16.8 Å². The number of hydrogen-bond donors (Lipinski definition) is 2. The Morgan fingerprint density at radius 1 is 1.62 bits per heavy atom. The first-order chi connectivity index (χ1) is 5.89. The number of nitrogens with two attached hydrogens (primary N) is 1. The lowest BCUT2D eigenvalue weighted by Crippen LogP contribution is -2.45. The maximum Gasteiger partial charge on any atom is 0.218 e. The van der Waals surface area contributed by atoms with E-state index in [4.69, 9.17) is 5.73 Å². The van der Waals surface area contributed by atoms with Crippen molar-refractivity contribution in [2.45, 2.75) is 25.8 Å². The molecular formula is C7H14N2O2S2. The van der Waals surface area contributed by atoms with Crippen molar-refractivity contribution in [3.8, 4) is 0 Å². The van der Waals surface area contributed by atoms with Crippen LogP contribution < -0.4 is 10.5 Å². The van der Waals surface area contributed by atoms with E-state index < -0.39 is 10.0 Å². The third kappa shape index (κ3) is 3.58. The van der Waals surface area contributed by atoms with Crippen LogP contribution in [0.5, 0.6) is 0 Å². The van der Waals surface area contributed by atoms with Gasteiger partial charge in [0.15, 0.2) is 0 Å². The zero-order valence-electron chi connectivity index (χ0n) is 7.49. The van der Waals surface area contributed by atoms with Gasteiger partial charge in [-0.2, -0.15) is 0 Å². The first-order valence-electron chi connectivity index (χ1n) is 4.17. The average molecular weight is 222 g/mol. The molecule has 1 aliphatic rings. The molecule has 1 aliphatic carbocycles. The number of rotatable bonds is 4. The van der Waals surface area contributed by atoms with Crippen molar-refractivity contribution in [3.63, 3.8) is 0 Å². The van der Waals surface area contributed by atoms with Gasteiger partial charge < -0.3 is 5.73 Å². The predicted octanol–water partition coefficient (Wildman–Crippen LogP) is -0.00960. The number of hydrogen-bond acceptors (Lipinski definition) is 3. The van der Waals surface area contributed by atoms with Gasteiger partial charge in [-0.05, 0) is 18.8 Å². The molecule has 4 nitrogen and oxygen atoms in total. The van der Waals surface area contributed by atoms with Crippen molar-refractivity contribution in [3.05, 3.63) is 0 Å². The van der Waals surface area contributed by atoms with E-state index in [1.54, 1.807) is 0 Å². The van der Waals surface area contributed by atoms with Crippen LogP contribution in [-0.2, 0) is 10.0 Å². The maximum atomic E-state index is 11.3. The van der Waals surface area contributed by atoms with Crippen LogP contribution in [0.3, 0.4) is 0 Å². The Morgan fingerprint density at radius 2 is 2.15 bits per heavy atom. The molecule has 0 heterocycles. The van der Waals surface area contributed by atoms with Crippen molar-refractivity contribution < 1.29 is 8.42 Å². The fourth-order valence-electron chi connectivity index (χ4n) is 1.48. The lowest BCUT2D eigenvalue weighted by molar-refractivity contribution is 0.270. The first kappa shape index (κ1) is 10.9. The molecule has 1 fully saturated rings. The highest BCUT2D eigenvalue weighted by molar-refractivity contribution is 7.92. The van der Waals surface area contributed by atoms with E-state index in [1.165, 1.54) is 0 Å². The van der Waals surface area contributed by atoms with Gasteiger partial charge >= 0.3 is 0 Å². The van der Waals surface area contributed by atoms with E-state index >= 15 is 0 Å².